The third-order valence-electron chi connectivity index (χ3n) is 4.12. The number of hydrogen-bond donors (Lipinski definition) is 0. The molecule has 1 aliphatic heterocycles. The molecule has 1 aliphatic rings. The molecule has 2 nitrogen and oxygen atoms in total. The van der Waals surface area contributed by atoms with Gasteiger partial charge in [0.05, 0.1) is 0 Å². The zero-order valence-corrected chi connectivity index (χ0v) is 12.2. The lowest BCUT2D eigenvalue weighted by atomic mass is 10.0. The summed E-state index contributed by atoms with van der Waals surface area (Å²) < 4.78 is 0. The average Bonchev–Trinajstić information content (AvgIpc) is 2.39. The quantitative estimate of drug-likeness (QED) is 0.807. The summed E-state index contributed by atoms with van der Waals surface area (Å²) in [5.74, 6) is 0.624. The first-order valence-corrected chi connectivity index (χ1v) is 7.09. The van der Waals surface area contributed by atoms with E-state index in [1.807, 2.05) is 0 Å². The Kier molecular flexibility index (Phi) is 4.28. The molecule has 1 saturated heterocycles. The molecule has 0 radical (unpaired) electrons. The van der Waals surface area contributed by atoms with Crippen LogP contribution in [0.5, 0.6) is 0 Å². The van der Waals surface area contributed by atoms with Gasteiger partial charge in [-0.05, 0) is 50.6 Å². The van der Waals surface area contributed by atoms with Crippen LogP contribution < -0.4 is 4.90 Å². The zero-order chi connectivity index (χ0) is 13.1. The molecule has 2 rings (SSSR count). The standard InChI is InChI=1S/C16H26N2/c1-13(2)14-5-7-16(8-6-14)18-11-9-15(10-12-18)17(3)4/h5-8,13,15H,9-12H2,1-4H3. The second-order valence-corrected chi connectivity index (χ2v) is 5.93. The van der Waals surface area contributed by atoms with E-state index in [4.69, 9.17) is 0 Å². The minimum Gasteiger partial charge on any atom is -0.371 e. The van der Waals surface area contributed by atoms with Gasteiger partial charge in [0.15, 0.2) is 0 Å². The summed E-state index contributed by atoms with van der Waals surface area (Å²) in [4.78, 5) is 4.88. The van der Waals surface area contributed by atoms with E-state index in [0.29, 0.717) is 5.92 Å². The molecule has 0 N–H and O–H groups in total. The lowest BCUT2D eigenvalue weighted by molar-refractivity contribution is 0.249. The summed E-state index contributed by atoms with van der Waals surface area (Å²) in [6.45, 7) is 6.86. The van der Waals surface area contributed by atoms with Gasteiger partial charge in [0, 0.05) is 24.8 Å². The summed E-state index contributed by atoms with van der Waals surface area (Å²) in [5.41, 5.74) is 2.82. The maximum absolute atomic E-state index is 2.52. The molecular weight excluding hydrogens is 220 g/mol. The second kappa shape index (κ2) is 5.75. The van der Waals surface area contributed by atoms with Crippen molar-refractivity contribution >= 4 is 5.69 Å². The Labute approximate surface area is 112 Å². The smallest absolute Gasteiger partial charge is 0.0366 e. The van der Waals surface area contributed by atoms with Crippen molar-refractivity contribution in [1.29, 1.82) is 0 Å². The Hall–Kier alpha value is -1.02. The van der Waals surface area contributed by atoms with Gasteiger partial charge in [-0.25, -0.2) is 0 Å². The van der Waals surface area contributed by atoms with Crippen LogP contribution in [0.3, 0.4) is 0 Å². The normalized spacial score (nSPS) is 17.8. The molecule has 0 aliphatic carbocycles. The van der Waals surface area contributed by atoms with E-state index in [1.54, 1.807) is 0 Å². The van der Waals surface area contributed by atoms with Crippen LogP contribution in [0.1, 0.15) is 38.2 Å². The van der Waals surface area contributed by atoms with Crippen molar-refractivity contribution in [2.45, 2.75) is 38.6 Å². The van der Waals surface area contributed by atoms with E-state index in [0.717, 1.165) is 6.04 Å². The van der Waals surface area contributed by atoms with Gasteiger partial charge < -0.3 is 9.80 Å². The number of rotatable bonds is 3. The van der Waals surface area contributed by atoms with Crippen LogP contribution in [0.2, 0.25) is 0 Å². The molecule has 1 fully saturated rings. The Morgan fingerprint density at radius 1 is 1.06 bits per heavy atom. The number of benzene rings is 1. The zero-order valence-electron chi connectivity index (χ0n) is 12.2. The van der Waals surface area contributed by atoms with Crippen molar-refractivity contribution < 1.29 is 0 Å². The molecule has 1 aromatic rings. The molecule has 18 heavy (non-hydrogen) atoms. The van der Waals surface area contributed by atoms with Gasteiger partial charge in [0.1, 0.15) is 0 Å². The number of anilines is 1. The van der Waals surface area contributed by atoms with Crippen LogP contribution in [0.15, 0.2) is 24.3 Å². The first-order valence-electron chi connectivity index (χ1n) is 7.09. The second-order valence-electron chi connectivity index (χ2n) is 5.93. The van der Waals surface area contributed by atoms with Crippen LogP contribution in [-0.4, -0.2) is 38.1 Å². The van der Waals surface area contributed by atoms with Gasteiger partial charge >= 0.3 is 0 Å². The highest BCUT2D eigenvalue weighted by Gasteiger charge is 2.20. The van der Waals surface area contributed by atoms with E-state index in [-0.39, 0.29) is 0 Å². The maximum Gasteiger partial charge on any atom is 0.0366 e. The van der Waals surface area contributed by atoms with E-state index < -0.39 is 0 Å². The van der Waals surface area contributed by atoms with Crippen LogP contribution in [0.4, 0.5) is 5.69 Å². The minimum absolute atomic E-state index is 0.624. The Bertz CT molecular complexity index is 359. The third kappa shape index (κ3) is 3.05. The molecule has 1 aromatic carbocycles. The predicted molar refractivity (Wildman–Crippen MR) is 79.5 cm³/mol. The largest absolute Gasteiger partial charge is 0.371 e. The van der Waals surface area contributed by atoms with Crippen LogP contribution in [-0.2, 0) is 0 Å². The van der Waals surface area contributed by atoms with E-state index in [2.05, 4.69) is 62.0 Å². The Morgan fingerprint density at radius 3 is 2.06 bits per heavy atom. The Morgan fingerprint density at radius 2 is 1.61 bits per heavy atom. The fourth-order valence-electron chi connectivity index (χ4n) is 2.71. The lowest BCUT2D eigenvalue weighted by Gasteiger charge is -2.36. The van der Waals surface area contributed by atoms with Crippen molar-refractivity contribution in [2.75, 3.05) is 32.1 Å². The molecule has 0 amide bonds. The molecule has 0 saturated carbocycles. The highest BCUT2D eigenvalue weighted by molar-refractivity contribution is 5.48. The highest BCUT2D eigenvalue weighted by Crippen LogP contribution is 2.24. The Balaban J connectivity index is 1.97. The van der Waals surface area contributed by atoms with Crippen LogP contribution in [0, 0.1) is 0 Å². The summed E-state index contributed by atoms with van der Waals surface area (Å²) in [5, 5.41) is 0. The van der Waals surface area contributed by atoms with Crippen LogP contribution in [0.25, 0.3) is 0 Å². The molecule has 1 heterocycles. The summed E-state index contributed by atoms with van der Waals surface area (Å²) in [6.07, 6.45) is 2.55. The van der Waals surface area contributed by atoms with Crippen molar-refractivity contribution in [3.8, 4) is 0 Å². The molecule has 0 spiro atoms. The molecule has 0 unspecified atom stereocenters. The van der Waals surface area contributed by atoms with Gasteiger partial charge in [-0.3, -0.25) is 0 Å². The molecular formula is C16H26N2. The van der Waals surface area contributed by atoms with Crippen molar-refractivity contribution in [3.63, 3.8) is 0 Å². The number of piperidine rings is 1. The summed E-state index contributed by atoms with van der Waals surface area (Å²) >= 11 is 0. The van der Waals surface area contributed by atoms with Gasteiger partial charge in [-0.2, -0.15) is 0 Å². The van der Waals surface area contributed by atoms with E-state index in [9.17, 15) is 0 Å². The van der Waals surface area contributed by atoms with Crippen molar-refractivity contribution in [3.05, 3.63) is 29.8 Å². The molecule has 2 heteroatoms. The molecule has 0 atom stereocenters. The van der Waals surface area contributed by atoms with Gasteiger partial charge in [0.2, 0.25) is 0 Å². The monoisotopic (exact) mass is 246 g/mol. The van der Waals surface area contributed by atoms with Gasteiger partial charge in [-0.15, -0.1) is 0 Å². The molecule has 100 valence electrons. The van der Waals surface area contributed by atoms with Gasteiger partial charge in [-0.1, -0.05) is 26.0 Å². The third-order valence-corrected chi connectivity index (χ3v) is 4.12. The first-order chi connectivity index (χ1) is 8.58. The predicted octanol–water partition coefficient (Wildman–Crippen LogP) is 3.34. The van der Waals surface area contributed by atoms with Crippen LogP contribution >= 0.6 is 0 Å². The average molecular weight is 246 g/mol. The SMILES string of the molecule is CC(C)c1ccc(N2CCC(N(C)C)CC2)cc1. The van der Waals surface area contributed by atoms with Crippen molar-refractivity contribution in [2.24, 2.45) is 0 Å². The summed E-state index contributed by atoms with van der Waals surface area (Å²) in [6, 6.07) is 9.88. The van der Waals surface area contributed by atoms with Crippen molar-refractivity contribution in [1.82, 2.24) is 4.90 Å². The number of nitrogens with zero attached hydrogens (tertiary/aromatic N) is 2. The van der Waals surface area contributed by atoms with E-state index >= 15 is 0 Å². The fraction of sp³-hybridized carbons (Fsp3) is 0.625. The lowest BCUT2D eigenvalue weighted by Crippen LogP contribution is -2.41. The molecule has 0 bridgehead atoms. The fourth-order valence-corrected chi connectivity index (χ4v) is 2.71. The molecule has 0 aromatic heterocycles. The maximum atomic E-state index is 2.52. The minimum atomic E-state index is 0.624. The topological polar surface area (TPSA) is 6.48 Å². The van der Waals surface area contributed by atoms with E-state index in [1.165, 1.54) is 37.2 Å². The highest BCUT2D eigenvalue weighted by atomic mass is 15.2. The summed E-state index contributed by atoms with van der Waals surface area (Å²) in [7, 11) is 4.38. The first kappa shape index (κ1) is 13.4. The van der Waals surface area contributed by atoms with Gasteiger partial charge in [0.25, 0.3) is 0 Å². The number of hydrogen-bond acceptors (Lipinski definition) is 2.